The Hall–Kier alpha value is -1.39. The molecule has 0 unspecified atom stereocenters. The number of hydrogen-bond acceptors (Lipinski definition) is 4. The van der Waals surface area contributed by atoms with Crippen LogP contribution in [0.3, 0.4) is 0 Å². The number of H-pyrrole nitrogens is 1. The fourth-order valence-corrected chi connectivity index (χ4v) is 3.21. The first-order valence-corrected chi connectivity index (χ1v) is 6.51. The van der Waals surface area contributed by atoms with Crippen molar-refractivity contribution in [3.63, 3.8) is 0 Å². The van der Waals surface area contributed by atoms with E-state index in [0.717, 1.165) is 12.8 Å². The van der Waals surface area contributed by atoms with Gasteiger partial charge in [0.25, 0.3) is 10.0 Å². The SMILES string of the molecule is N#CC1(NS(=O)(=O)c2ccn[nH]2)CCCC1. The van der Waals surface area contributed by atoms with Crippen molar-refractivity contribution in [2.45, 2.75) is 36.2 Å². The van der Waals surface area contributed by atoms with E-state index in [2.05, 4.69) is 21.0 Å². The zero-order chi connectivity index (χ0) is 11.6. The van der Waals surface area contributed by atoms with E-state index in [1.165, 1.54) is 12.3 Å². The van der Waals surface area contributed by atoms with Gasteiger partial charge in [-0.1, -0.05) is 12.8 Å². The minimum absolute atomic E-state index is 0.00553. The van der Waals surface area contributed by atoms with Gasteiger partial charge >= 0.3 is 0 Å². The molecule has 0 saturated heterocycles. The van der Waals surface area contributed by atoms with E-state index < -0.39 is 15.6 Å². The Morgan fingerprint density at radius 2 is 2.19 bits per heavy atom. The van der Waals surface area contributed by atoms with Crippen molar-refractivity contribution in [1.82, 2.24) is 14.9 Å². The molecular formula is C9H12N4O2S. The van der Waals surface area contributed by atoms with Crippen LogP contribution in [0.15, 0.2) is 17.3 Å². The van der Waals surface area contributed by atoms with Crippen molar-refractivity contribution in [3.05, 3.63) is 12.3 Å². The summed E-state index contributed by atoms with van der Waals surface area (Å²) in [5, 5.41) is 15.0. The van der Waals surface area contributed by atoms with E-state index >= 15 is 0 Å². The second-order valence-corrected chi connectivity index (χ2v) is 5.58. The molecule has 1 aliphatic rings. The summed E-state index contributed by atoms with van der Waals surface area (Å²) in [6, 6.07) is 3.43. The predicted molar refractivity (Wildman–Crippen MR) is 55.7 cm³/mol. The molecule has 1 saturated carbocycles. The van der Waals surface area contributed by atoms with Crippen LogP contribution in [-0.4, -0.2) is 24.2 Å². The molecule has 2 rings (SSSR count). The van der Waals surface area contributed by atoms with E-state index in [-0.39, 0.29) is 5.03 Å². The number of nitrogens with one attached hydrogen (secondary N) is 2. The Morgan fingerprint density at radius 1 is 1.50 bits per heavy atom. The van der Waals surface area contributed by atoms with Crippen molar-refractivity contribution in [1.29, 1.82) is 5.26 Å². The highest BCUT2D eigenvalue weighted by Crippen LogP contribution is 2.30. The molecule has 0 atom stereocenters. The van der Waals surface area contributed by atoms with Crippen LogP contribution < -0.4 is 4.72 Å². The number of aromatic nitrogens is 2. The van der Waals surface area contributed by atoms with Gasteiger partial charge in [-0.2, -0.15) is 15.1 Å². The first-order valence-electron chi connectivity index (χ1n) is 5.03. The lowest BCUT2D eigenvalue weighted by molar-refractivity contribution is 0.483. The molecule has 1 aliphatic carbocycles. The molecule has 1 heterocycles. The quantitative estimate of drug-likeness (QED) is 0.804. The molecule has 1 aromatic heterocycles. The van der Waals surface area contributed by atoms with Gasteiger partial charge in [-0.05, 0) is 18.9 Å². The molecule has 7 heteroatoms. The van der Waals surface area contributed by atoms with Crippen LogP contribution in [0.1, 0.15) is 25.7 Å². The third-order valence-electron chi connectivity index (χ3n) is 2.77. The Labute approximate surface area is 93.7 Å². The maximum atomic E-state index is 11.9. The summed E-state index contributed by atoms with van der Waals surface area (Å²) in [5.41, 5.74) is -0.941. The molecule has 6 nitrogen and oxygen atoms in total. The highest BCUT2D eigenvalue weighted by Gasteiger charge is 2.38. The fourth-order valence-electron chi connectivity index (χ4n) is 1.92. The van der Waals surface area contributed by atoms with Crippen molar-refractivity contribution in [2.75, 3.05) is 0 Å². The molecule has 2 N–H and O–H groups in total. The standard InChI is InChI=1S/C9H12N4O2S/c10-7-9(4-1-2-5-9)13-16(14,15)8-3-6-11-12-8/h3,6,13H,1-2,4-5H2,(H,11,12). The highest BCUT2D eigenvalue weighted by molar-refractivity contribution is 7.89. The number of nitrogens with zero attached hydrogens (tertiary/aromatic N) is 2. The normalized spacial score (nSPS) is 19.4. The summed E-state index contributed by atoms with van der Waals surface area (Å²) >= 11 is 0. The van der Waals surface area contributed by atoms with Crippen molar-refractivity contribution in [3.8, 4) is 6.07 Å². The summed E-state index contributed by atoms with van der Waals surface area (Å²) in [6.45, 7) is 0. The van der Waals surface area contributed by atoms with Gasteiger partial charge in [0.2, 0.25) is 0 Å². The second-order valence-electron chi connectivity index (χ2n) is 3.93. The first kappa shape index (κ1) is 11.1. The van der Waals surface area contributed by atoms with Gasteiger partial charge in [0.05, 0.1) is 12.3 Å². The minimum Gasteiger partial charge on any atom is -0.266 e. The lowest BCUT2D eigenvalue weighted by Gasteiger charge is -2.20. The zero-order valence-electron chi connectivity index (χ0n) is 8.60. The van der Waals surface area contributed by atoms with E-state index in [1.807, 2.05) is 0 Å². The van der Waals surface area contributed by atoms with Crippen LogP contribution in [0.4, 0.5) is 0 Å². The van der Waals surface area contributed by atoms with Crippen molar-refractivity contribution >= 4 is 10.0 Å². The summed E-state index contributed by atoms with van der Waals surface area (Å²) < 4.78 is 26.2. The third-order valence-corrected chi connectivity index (χ3v) is 4.23. The van der Waals surface area contributed by atoms with Crippen molar-refractivity contribution in [2.24, 2.45) is 0 Å². The average molecular weight is 240 g/mol. The number of aromatic amines is 1. The van der Waals surface area contributed by atoms with Gasteiger partial charge in [0.1, 0.15) is 5.54 Å². The minimum atomic E-state index is -3.66. The van der Waals surface area contributed by atoms with E-state index in [4.69, 9.17) is 5.26 Å². The Bertz CT molecular complexity index is 494. The Morgan fingerprint density at radius 3 is 2.69 bits per heavy atom. The maximum Gasteiger partial charge on any atom is 0.258 e. The molecule has 1 aromatic rings. The molecule has 0 aliphatic heterocycles. The zero-order valence-corrected chi connectivity index (χ0v) is 9.42. The molecule has 0 spiro atoms. The van der Waals surface area contributed by atoms with E-state index in [9.17, 15) is 8.42 Å². The predicted octanol–water partition coefficient (Wildman–Crippen LogP) is 0.524. The number of sulfonamides is 1. The van der Waals surface area contributed by atoms with Gasteiger partial charge < -0.3 is 0 Å². The lowest BCUT2D eigenvalue weighted by Crippen LogP contribution is -2.45. The smallest absolute Gasteiger partial charge is 0.258 e. The molecule has 0 bridgehead atoms. The lowest BCUT2D eigenvalue weighted by atomic mass is 10.0. The number of nitriles is 1. The monoisotopic (exact) mass is 240 g/mol. The fraction of sp³-hybridized carbons (Fsp3) is 0.556. The van der Waals surface area contributed by atoms with Gasteiger partial charge in [-0.15, -0.1) is 0 Å². The topological polar surface area (TPSA) is 98.6 Å². The number of hydrogen-bond donors (Lipinski definition) is 2. The Balaban J connectivity index is 2.25. The van der Waals surface area contributed by atoms with Crippen LogP contribution in [0.2, 0.25) is 0 Å². The van der Waals surface area contributed by atoms with E-state index in [1.54, 1.807) is 0 Å². The van der Waals surface area contributed by atoms with Crippen LogP contribution in [0, 0.1) is 11.3 Å². The molecular weight excluding hydrogens is 228 g/mol. The summed E-state index contributed by atoms with van der Waals surface area (Å²) in [6.07, 6.45) is 4.24. The van der Waals surface area contributed by atoms with Gasteiger partial charge in [-0.25, -0.2) is 8.42 Å². The molecule has 1 fully saturated rings. The Kier molecular flexibility index (Phi) is 2.69. The van der Waals surface area contributed by atoms with Crippen LogP contribution in [-0.2, 0) is 10.0 Å². The summed E-state index contributed by atoms with van der Waals surface area (Å²) in [4.78, 5) is 0. The first-order chi connectivity index (χ1) is 7.58. The summed E-state index contributed by atoms with van der Waals surface area (Å²) in [5.74, 6) is 0. The van der Waals surface area contributed by atoms with Crippen LogP contribution in [0.25, 0.3) is 0 Å². The van der Waals surface area contributed by atoms with Crippen LogP contribution >= 0.6 is 0 Å². The van der Waals surface area contributed by atoms with Gasteiger partial charge in [0, 0.05) is 0 Å². The van der Waals surface area contributed by atoms with Gasteiger partial charge in [0.15, 0.2) is 5.03 Å². The number of rotatable bonds is 3. The largest absolute Gasteiger partial charge is 0.266 e. The molecule has 0 aromatic carbocycles. The molecule has 0 radical (unpaired) electrons. The average Bonchev–Trinajstić information content (AvgIpc) is 2.87. The van der Waals surface area contributed by atoms with Gasteiger partial charge in [-0.3, -0.25) is 5.10 Å². The van der Waals surface area contributed by atoms with Crippen LogP contribution in [0.5, 0.6) is 0 Å². The third kappa shape index (κ3) is 1.94. The van der Waals surface area contributed by atoms with E-state index in [0.29, 0.717) is 12.8 Å². The summed E-state index contributed by atoms with van der Waals surface area (Å²) in [7, 11) is -3.66. The van der Waals surface area contributed by atoms with Crippen molar-refractivity contribution < 1.29 is 8.42 Å². The maximum absolute atomic E-state index is 11.9. The second kappa shape index (κ2) is 3.88. The molecule has 0 amide bonds. The highest BCUT2D eigenvalue weighted by atomic mass is 32.2. The molecule has 86 valence electrons. The molecule has 16 heavy (non-hydrogen) atoms.